The Bertz CT molecular complexity index is 581. The molecule has 1 amide bonds. The van der Waals surface area contributed by atoms with Crippen LogP contribution in [0.5, 0.6) is 0 Å². The molecule has 0 saturated carbocycles. The van der Waals surface area contributed by atoms with Crippen molar-refractivity contribution in [1.29, 1.82) is 0 Å². The first-order chi connectivity index (χ1) is 9.09. The van der Waals surface area contributed by atoms with Crippen molar-refractivity contribution in [3.8, 4) is 0 Å². The lowest BCUT2D eigenvalue weighted by Crippen LogP contribution is -2.27. The summed E-state index contributed by atoms with van der Waals surface area (Å²) in [6, 6.07) is 15.6. The Kier molecular flexibility index (Phi) is 4.38. The minimum atomic E-state index is -0.0630. The van der Waals surface area contributed by atoms with E-state index in [1.54, 1.807) is 0 Å². The molecule has 2 aromatic carbocycles. The van der Waals surface area contributed by atoms with E-state index in [4.69, 9.17) is 0 Å². The predicted molar refractivity (Wildman–Crippen MR) is 81.2 cm³/mol. The molecule has 0 bridgehead atoms. The van der Waals surface area contributed by atoms with Gasteiger partial charge in [-0.3, -0.25) is 4.79 Å². The molecule has 3 heteroatoms. The SMILES string of the molecule is Cc1cccc(C(=O)N[C@@H](C)c2ccccc2)c1Br. The standard InChI is InChI=1S/C16H16BrNO/c1-11-7-6-10-14(15(11)17)16(19)18-12(2)13-8-4-3-5-9-13/h3-10,12H,1-2H3,(H,18,19)/t12-/m0/s1. The Morgan fingerprint density at radius 3 is 2.47 bits per heavy atom. The van der Waals surface area contributed by atoms with Crippen LogP contribution in [0, 0.1) is 6.92 Å². The van der Waals surface area contributed by atoms with Crippen molar-refractivity contribution in [2.24, 2.45) is 0 Å². The summed E-state index contributed by atoms with van der Waals surface area (Å²) >= 11 is 3.47. The van der Waals surface area contributed by atoms with Crippen LogP contribution in [0.3, 0.4) is 0 Å². The van der Waals surface area contributed by atoms with Crippen LogP contribution >= 0.6 is 15.9 Å². The number of halogens is 1. The van der Waals surface area contributed by atoms with E-state index in [1.807, 2.05) is 62.4 Å². The lowest BCUT2D eigenvalue weighted by molar-refractivity contribution is 0.0939. The van der Waals surface area contributed by atoms with Crippen molar-refractivity contribution in [1.82, 2.24) is 5.32 Å². The second-order valence-electron chi connectivity index (χ2n) is 4.54. The summed E-state index contributed by atoms with van der Waals surface area (Å²) in [6.45, 7) is 3.96. The van der Waals surface area contributed by atoms with Crippen LogP contribution in [-0.2, 0) is 0 Å². The van der Waals surface area contributed by atoms with Gasteiger partial charge in [0.25, 0.3) is 5.91 Å². The fourth-order valence-corrected chi connectivity index (χ4v) is 2.37. The molecule has 0 aliphatic rings. The molecule has 2 aromatic rings. The third-order valence-electron chi connectivity index (χ3n) is 3.08. The minimum Gasteiger partial charge on any atom is -0.345 e. The Labute approximate surface area is 122 Å². The quantitative estimate of drug-likeness (QED) is 0.901. The van der Waals surface area contributed by atoms with Gasteiger partial charge in [-0.1, -0.05) is 42.5 Å². The van der Waals surface area contributed by atoms with Gasteiger partial charge < -0.3 is 5.32 Å². The summed E-state index contributed by atoms with van der Waals surface area (Å²) in [4.78, 5) is 12.3. The molecule has 19 heavy (non-hydrogen) atoms. The van der Waals surface area contributed by atoms with E-state index in [-0.39, 0.29) is 11.9 Å². The van der Waals surface area contributed by atoms with Crippen LogP contribution in [0.1, 0.15) is 34.5 Å². The molecule has 0 fully saturated rings. The highest BCUT2D eigenvalue weighted by atomic mass is 79.9. The Hall–Kier alpha value is -1.61. The molecule has 0 radical (unpaired) electrons. The first-order valence-electron chi connectivity index (χ1n) is 6.20. The molecule has 0 saturated heterocycles. The number of rotatable bonds is 3. The van der Waals surface area contributed by atoms with Crippen molar-refractivity contribution >= 4 is 21.8 Å². The summed E-state index contributed by atoms with van der Waals surface area (Å²) in [5.41, 5.74) is 2.82. The summed E-state index contributed by atoms with van der Waals surface area (Å²) in [6.07, 6.45) is 0. The Morgan fingerprint density at radius 1 is 1.11 bits per heavy atom. The lowest BCUT2D eigenvalue weighted by atomic mass is 10.1. The number of hydrogen-bond acceptors (Lipinski definition) is 1. The first kappa shape index (κ1) is 13.8. The fraction of sp³-hybridized carbons (Fsp3) is 0.188. The zero-order chi connectivity index (χ0) is 13.8. The molecule has 2 rings (SSSR count). The topological polar surface area (TPSA) is 29.1 Å². The van der Waals surface area contributed by atoms with Gasteiger partial charge in [0.15, 0.2) is 0 Å². The highest BCUT2D eigenvalue weighted by Gasteiger charge is 2.14. The average Bonchev–Trinajstić information content (AvgIpc) is 2.42. The van der Waals surface area contributed by atoms with Gasteiger partial charge in [-0.2, -0.15) is 0 Å². The molecule has 1 atom stereocenters. The normalized spacial score (nSPS) is 11.9. The van der Waals surface area contributed by atoms with Gasteiger partial charge in [-0.25, -0.2) is 0 Å². The van der Waals surface area contributed by atoms with Gasteiger partial charge in [0.05, 0.1) is 11.6 Å². The van der Waals surface area contributed by atoms with E-state index in [0.717, 1.165) is 15.6 Å². The van der Waals surface area contributed by atoms with Crippen molar-refractivity contribution in [3.63, 3.8) is 0 Å². The van der Waals surface area contributed by atoms with Gasteiger partial charge in [-0.05, 0) is 47.0 Å². The van der Waals surface area contributed by atoms with Crippen LogP contribution in [0.4, 0.5) is 0 Å². The molecule has 1 N–H and O–H groups in total. The van der Waals surface area contributed by atoms with E-state index < -0.39 is 0 Å². The second-order valence-corrected chi connectivity index (χ2v) is 5.34. The molecule has 2 nitrogen and oxygen atoms in total. The first-order valence-corrected chi connectivity index (χ1v) is 7.00. The zero-order valence-corrected chi connectivity index (χ0v) is 12.6. The average molecular weight is 318 g/mol. The highest BCUT2D eigenvalue weighted by molar-refractivity contribution is 9.10. The highest BCUT2D eigenvalue weighted by Crippen LogP contribution is 2.22. The van der Waals surface area contributed by atoms with Crippen LogP contribution < -0.4 is 5.32 Å². The maximum atomic E-state index is 12.3. The molecular weight excluding hydrogens is 302 g/mol. The Balaban J connectivity index is 2.16. The van der Waals surface area contributed by atoms with Crippen molar-refractivity contribution < 1.29 is 4.79 Å². The molecule has 0 aliphatic heterocycles. The van der Waals surface area contributed by atoms with E-state index in [9.17, 15) is 4.79 Å². The van der Waals surface area contributed by atoms with Gasteiger partial charge in [0.1, 0.15) is 0 Å². The molecule has 0 aliphatic carbocycles. The maximum Gasteiger partial charge on any atom is 0.252 e. The number of nitrogens with one attached hydrogen (secondary N) is 1. The fourth-order valence-electron chi connectivity index (χ4n) is 1.92. The lowest BCUT2D eigenvalue weighted by Gasteiger charge is -2.15. The van der Waals surface area contributed by atoms with Crippen molar-refractivity contribution in [2.45, 2.75) is 19.9 Å². The molecule has 0 heterocycles. The summed E-state index contributed by atoms with van der Waals surface area (Å²) in [5, 5.41) is 3.01. The van der Waals surface area contributed by atoms with Gasteiger partial charge in [0, 0.05) is 4.47 Å². The number of hydrogen-bond donors (Lipinski definition) is 1. The van der Waals surface area contributed by atoms with Crippen LogP contribution in [0.2, 0.25) is 0 Å². The van der Waals surface area contributed by atoms with E-state index >= 15 is 0 Å². The predicted octanol–water partition coefficient (Wildman–Crippen LogP) is 4.25. The maximum absolute atomic E-state index is 12.3. The largest absolute Gasteiger partial charge is 0.345 e. The molecule has 0 spiro atoms. The van der Waals surface area contributed by atoms with Gasteiger partial charge in [0.2, 0.25) is 0 Å². The molecule has 98 valence electrons. The number of carbonyl (C=O) groups is 1. The summed E-state index contributed by atoms with van der Waals surface area (Å²) in [7, 11) is 0. The zero-order valence-electron chi connectivity index (χ0n) is 11.0. The van der Waals surface area contributed by atoms with Crippen LogP contribution in [0.15, 0.2) is 53.0 Å². The van der Waals surface area contributed by atoms with Crippen LogP contribution in [0.25, 0.3) is 0 Å². The smallest absolute Gasteiger partial charge is 0.252 e. The summed E-state index contributed by atoms with van der Waals surface area (Å²) in [5.74, 6) is -0.0630. The molecule has 0 unspecified atom stereocenters. The second kappa shape index (κ2) is 6.02. The number of amides is 1. The van der Waals surface area contributed by atoms with E-state index in [0.29, 0.717) is 5.56 Å². The number of carbonyl (C=O) groups excluding carboxylic acids is 1. The van der Waals surface area contributed by atoms with Crippen molar-refractivity contribution in [3.05, 3.63) is 69.7 Å². The van der Waals surface area contributed by atoms with E-state index in [2.05, 4.69) is 21.2 Å². The number of aryl methyl sites for hydroxylation is 1. The Morgan fingerprint density at radius 2 is 1.79 bits per heavy atom. The van der Waals surface area contributed by atoms with Crippen molar-refractivity contribution in [2.75, 3.05) is 0 Å². The third kappa shape index (κ3) is 3.24. The molecular formula is C16H16BrNO. The molecule has 0 aromatic heterocycles. The van der Waals surface area contributed by atoms with Gasteiger partial charge >= 0.3 is 0 Å². The minimum absolute atomic E-state index is 0.0129. The van der Waals surface area contributed by atoms with Crippen LogP contribution in [-0.4, -0.2) is 5.91 Å². The summed E-state index contributed by atoms with van der Waals surface area (Å²) < 4.78 is 0.854. The van der Waals surface area contributed by atoms with Gasteiger partial charge in [-0.15, -0.1) is 0 Å². The monoisotopic (exact) mass is 317 g/mol. The van der Waals surface area contributed by atoms with E-state index in [1.165, 1.54) is 0 Å². The third-order valence-corrected chi connectivity index (χ3v) is 4.14. The number of benzene rings is 2.